The first-order chi connectivity index (χ1) is 18.4. The van der Waals surface area contributed by atoms with Gasteiger partial charge in [0.15, 0.2) is 11.5 Å². The van der Waals surface area contributed by atoms with Crippen LogP contribution in [-0.4, -0.2) is 28.8 Å². The van der Waals surface area contributed by atoms with Crippen LogP contribution in [0.3, 0.4) is 0 Å². The van der Waals surface area contributed by atoms with Gasteiger partial charge >= 0.3 is 0 Å². The second kappa shape index (κ2) is 11.2. The van der Waals surface area contributed by atoms with Gasteiger partial charge in [-0.1, -0.05) is 37.3 Å². The molecule has 38 heavy (non-hydrogen) atoms. The van der Waals surface area contributed by atoms with Crippen LogP contribution in [0.25, 0.3) is 10.2 Å². The average molecular weight is 531 g/mol. The fourth-order valence-corrected chi connectivity index (χ4v) is 5.97. The van der Waals surface area contributed by atoms with Crippen LogP contribution >= 0.6 is 11.3 Å². The van der Waals surface area contributed by atoms with E-state index in [1.807, 2.05) is 36.4 Å². The Morgan fingerprint density at radius 2 is 2.08 bits per heavy atom. The molecule has 1 aliphatic carbocycles. The summed E-state index contributed by atoms with van der Waals surface area (Å²) in [7, 11) is 1.57. The number of nitrogens with zero attached hydrogens (tertiary/aromatic N) is 3. The second-order valence-corrected chi connectivity index (χ2v) is 10.7. The number of methoxy groups -OCH3 is 1. The van der Waals surface area contributed by atoms with E-state index in [0.29, 0.717) is 29.4 Å². The Morgan fingerprint density at radius 3 is 2.87 bits per heavy atom. The van der Waals surface area contributed by atoms with Crippen molar-refractivity contribution in [1.82, 2.24) is 15.0 Å². The van der Waals surface area contributed by atoms with Crippen molar-refractivity contribution in [2.24, 2.45) is 11.0 Å². The van der Waals surface area contributed by atoms with Crippen LogP contribution in [0, 0.1) is 5.92 Å². The minimum atomic E-state index is -0.766. The van der Waals surface area contributed by atoms with Gasteiger partial charge in [-0.2, -0.15) is 5.10 Å². The molecule has 0 saturated heterocycles. The van der Waals surface area contributed by atoms with Gasteiger partial charge in [0.05, 0.1) is 25.0 Å². The number of hydrazone groups is 1. The molecule has 4 aromatic rings. The summed E-state index contributed by atoms with van der Waals surface area (Å²) in [6.45, 7) is 4.32. The summed E-state index contributed by atoms with van der Waals surface area (Å²) in [4.78, 5) is 32.6. The summed E-state index contributed by atoms with van der Waals surface area (Å²) >= 11 is 1.60. The highest BCUT2D eigenvalue weighted by Crippen LogP contribution is 2.35. The predicted octanol–water partition coefficient (Wildman–Crippen LogP) is 4.88. The number of hydrogen-bond donors (Lipinski definition) is 1. The van der Waals surface area contributed by atoms with E-state index in [9.17, 15) is 9.59 Å². The van der Waals surface area contributed by atoms with Gasteiger partial charge in [-0.15, -0.1) is 11.3 Å². The number of nitrogens with one attached hydrogen (secondary N) is 1. The largest absolute Gasteiger partial charge is 0.493 e. The van der Waals surface area contributed by atoms with Crippen molar-refractivity contribution < 1.29 is 14.3 Å². The first kappa shape index (κ1) is 25.7. The quantitative estimate of drug-likeness (QED) is 0.259. The normalized spacial score (nSPS) is 15.8. The Labute approximate surface area is 224 Å². The fourth-order valence-electron chi connectivity index (χ4n) is 4.63. The number of carbonyl (C=O) groups is 1. The first-order valence-electron chi connectivity index (χ1n) is 12.6. The zero-order valence-electron chi connectivity index (χ0n) is 21.6. The molecule has 2 heterocycles. The third kappa shape index (κ3) is 5.33. The maximum Gasteiger partial charge on any atom is 0.263 e. The molecule has 0 aliphatic heterocycles. The van der Waals surface area contributed by atoms with E-state index in [0.717, 1.165) is 40.8 Å². The Morgan fingerprint density at radius 1 is 1.26 bits per heavy atom. The molecule has 196 valence electrons. The Balaban J connectivity index is 1.26. The summed E-state index contributed by atoms with van der Waals surface area (Å²) in [6.07, 6.45) is 5.90. The minimum Gasteiger partial charge on any atom is -0.493 e. The Hall–Kier alpha value is -3.98. The van der Waals surface area contributed by atoms with Gasteiger partial charge < -0.3 is 9.47 Å². The van der Waals surface area contributed by atoms with E-state index in [1.54, 1.807) is 37.5 Å². The Kier molecular flexibility index (Phi) is 7.55. The number of fused-ring (bicyclic) bond motifs is 3. The third-order valence-corrected chi connectivity index (χ3v) is 8.01. The van der Waals surface area contributed by atoms with Crippen molar-refractivity contribution in [3.05, 3.63) is 86.8 Å². The second-order valence-electron chi connectivity index (χ2n) is 9.58. The molecule has 2 aromatic heterocycles. The lowest BCUT2D eigenvalue weighted by Gasteiger charge is -2.18. The monoisotopic (exact) mass is 530 g/mol. The highest BCUT2D eigenvalue weighted by molar-refractivity contribution is 7.18. The highest BCUT2D eigenvalue weighted by atomic mass is 32.1. The molecule has 9 heteroatoms. The van der Waals surface area contributed by atoms with E-state index in [-0.39, 0.29) is 5.56 Å². The molecule has 5 rings (SSSR count). The van der Waals surface area contributed by atoms with Crippen LogP contribution in [0.1, 0.15) is 47.9 Å². The van der Waals surface area contributed by atoms with Crippen molar-refractivity contribution in [1.29, 1.82) is 0 Å². The molecule has 8 nitrogen and oxygen atoms in total. The predicted molar refractivity (Wildman–Crippen MR) is 149 cm³/mol. The lowest BCUT2D eigenvalue weighted by Crippen LogP contribution is -2.34. The zero-order chi connectivity index (χ0) is 26.6. The van der Waals surface area contributed by atoms with Gasteiger partial charge in [-0.3, -0.25) is 14.2 Å². The van der Waals surface area contributed by atoms with Crippen molar-refractivity contribution in [3.8, 4) is 11.5 Å². The van der Waals surface area contributed by atoms with E-state index >= 15 is 0 Å². The summed E-state index contributed by atoms with van der Waals surface area (Å²) < 4.78 is 12.7. The van der Waals surface area contributed by atoms with Gasteiger partial charge in [-0.25, -0.2) is 10.4 Å². The number of aromatic nitrogens is 2. The lowest BCUT2D eigenvalue weighted by atomic mass is 9.89. The number of hydrogen-bond acceptors (Lipinski definition) is 7. The van der Waals surface area contributed by atoms with Crippen LogP contribution in [0.5, 0.6) is 11.5 Å². The number of benzene rings is 2. The molecule has 0 saturated carbocycles. The zero-order valence-corrected chi connectivity index (χ0v) is 22.5. The van der Waals surface area contributed by atoms with Gasteiger partial charge in [-0.05, 0) is 67.0 Å². The van der Waals surface area contributed by atoms with Gasteiger partial charge in [0, 0.05) is 4.88 Å². The van der Waals surface area contributed by atoms with E-state index in [2.05, 4.69) is 22.4 Å². The molecular formula is C29H30N4O4S. The molecular weight excluding hydrogens is 500 g/mol. The third-order valence-electron chi connectivity index (χ3n) is 6.85. The molecule has 0 unspecified atom stereocenters. The number of rotatable bonds is 8. The van der Waals surface area contributed by atoms with Crippen molar-refractivity contribution in [2.75, 3.05) is 7.11 Å². The molecule has 0 fully saturated rings. The number of amides is 1. The standard InChI is InChI=1S/C29H30N4O4S/c1-18-9-11-22-25(13-18)38-28-26(22)29(35)33(17-30-28)19(2)27(34)32-31-15-21-10-12-23(24(14-21)36-3)37-16-20-7-5-4-6-8-20/h4-8,10,12,14-15,17-19H,9,11,13,16H2,1-3H3,(H,32,34)/b31-15-/t18-,19+/m1/s1. The summed E-state index contributed by atoms with van der Waals surface area (Å²) in [5.41, 5.74) is 5.24. The summed E-state index contributed by atoms with van der Waals surface area (Å²) in [6, 6.07) is 14.5. The topological polar surface area (TPSA) is 94.8 Å². The van der Waals surface area contributed by atoms with Crippen molar-refractivity contribution in [2.45, 2.75) is 45.8 Å². The van der Waals surface area contributed by atoms with Crippen LogP contribution in [0.15, 0.2) is 64.8 Å². The fraction of sp³-hybridized carbons (Fsp3) is 0.310. The first-order valence-corrected chi connectivity index (χ1v) is 13.4. The maximum absolute atomic E-state index is 13.3. The number of carbonyl (C=O) groups excluding carboxylic acids is 1. The van der Waals surface area contributed by atoms with Gasteiger partial charge in [0.2, 0.25) is 0 Å². The SMILES string of the molecule is COc1cc(/C=N\NC(=O)[C@H](C)n2cnc3sc4c(c3c2=O)CC[C@@H](C)C4)ccc1OCc1ccccc1. The molecule has 1 N–H and O–H groups in total. The number of aryl methyl sites for hydroxylation is 1. The minimum absolute atomic E-state index is 0.176. The Bertz CT molecular complexity index is 1540. The molecule has 1 aliphatic rings. The average Bonchev–Trinajstić information content (AvgIpc) is 3.30. The number of ether oxygens (including phenoxy) is 2. The molecule has 0 bridgehead atoms. The maximum atomic E-state index is 13.3. The van der Waals surface area contributed by atoms with Gasteiger partial charge in [0.25, 0.3) is 11.5 Å². The van der Waals surface area contributed by atoms with Crippen LogP contribution in [0.2, 0.25) is 0 Å². The van der Waals surface area contributed by atoms with Gasteiger partial charge in [0.1, 0.15) is 17.5 Å². The van der Waals surface area contributed by atoms with Crippen molar-refractivity contribution >= 4 is 33.7 Å². The van der Waals surface area contributed by atoms with Crippen LogP contribution in [-0.2, 0) is 24.2 Å². The van der Waals surface area contributed by atoms with E-state index in [1.165, 1.54) is 22.0 Å². The molecule has 0 radical (unpaired) electrons. The van der Waals surface area contributed by atoms with Crippen molar-refractivity contribution in [3.63, 3.8) is 0 Å². The molecule has 0 spiro atoms. The van der Waals surface area contributed by atoms with E-state index in [4.69, 9.17) is 9.47 Å². The highest BCUT2D eigenvalue weighted by Gasteiger charge is 2.25. The summed E-state index contributed by atoms with van der Waals surface area (Å²) in [5.74, 6) is 1.37. The van der Waals surface area contributed by atoms with Crippen LogP contribution < -0.4 is 20.5 Å². The van der Waals surface area contributed by atoms with Crippen LogP contribution in [0.4, 0.5) is 0 Å². The number of thiophene rings is 1. The smallest absolute Gasteiger partial charge is 0.263 e. The summed E-state index contributed by atoms with van der Waals surface area (Å²) in [5, 5.41) is 4.75. The lowest BCUT2D eigenvalue weighted by molar-refractivity contribution is -0.123. The van der Waals surface area contributed by atoms with E-state index < -0.39 is 11.9 Å². The molecule has 2 aromatic carbocycles. The molecule has 2 atom stereocenters. The molecule has 1 amide bonds.